The third kappa shape index (κ3) is 7.94. The van der Waals surface area contributed by atoms with Crippen LogP contribution in [0.5, 0.6) is 5.88 Å². The first kappa shape index (κ1) is 29.5. The van der Waals surface area contributed by atoms with Crippen molar-refractivity contribution in [3.8, 4) is 5.88 Å². The fourth-order valence-electron chi connectivity index (χ4n) is 5.17. The summed E-state index contributed by atoms with van der Waals surface area (Å²) in [5.41, 5.74) is -1.47. The second kappa shape index (κ2) is 15.3. The quantitative estimate of drug-likeness (QED) is 0.165. The van der Waals surface area contributed by atoms with E-state index < -0.39 is 30.7 Å². The lowest BCUT2D eigenvalue weighted by Gasteiger charge is -2.29. The number of ether oxygens (including phenoxy) is 1. The smallest absolute Gasteiger partial charge is 0.242 e. The molecule has 0 aliphatic carbocycles. The number of aromatic nitrogens is 4. The van der Waals surface area contributed by atoms with E-state index in [-0.39, 0.29) is 23.5 Å². The third-order valence-corrected chi connectivity index (χ3v) is 7.46. The number of aliphatic hydroxyl groups excluding tert-OH is 1. The molecule has 3 N–H and O–H groups in total. The number of aromatic hydroxyl groups is 1. The van der Waals surface area contributed by atoms with Gasteiger partial charge in [0.2, 0.25) is 5.88 Å². The Kier molecular flexibility index (Phi) is 12.2. The SMILES string of the molecule is CCCCCCCC/C=C\CCCCCCCC[C@@]1(O)[C@@H](CO)O[C@@H](n2cnc3c(O)ncnc32)[C@@H]1F. The lowest BCUT2D eigenvalue weighted by molar-refractivity contribution is -0.0896. The molecule has 0 aromatic carbocycles. The van der Waals surface area contributed by atoms with E-state index in [9.17, 15) is 15.3 Å². The summed E-state index contributed by atoms with van der Waals surface area (Å²) in [5, 5.41) is 30.8. The average molecular weight is 521 g/mol. The molecule has 2 aromatic heterocycles. The molecule has 3 heterocycles. The van der Waals surface area contributed by atoms with Crippen LogP contribution in [0, 0.1) is 0 Å². The highest BCUT2D eigenvalue weighted by Gasteiger charge is 2.56. The van der Waals surface area contributed by atoms with Gasteiger partial charge in [0, 0.05) is 0 Å². The molecule has 8 nitrogen and oxygen atoms in total. The fraction of sp³-hybridized carbons (Fsp3) is 0.750. The average Bonchev–Trinajstić information content (AvgIpc) is 3.43. The van der Waals surface area contributed by atoms with Crippen LogP contribution >= 0.6 is 0 Å². The predicted molar refractivity (Wildman–Crippen MR) is 142 cm³/mol. The van der Waals surface area contributed by atoms with Crippen LogP contribution in [0.4, 0.5) is 4.39 Å². The summed E-state index contributed by atoms with van der Waals surface area (Å²) in [4.78, 5) is 11.8. The first-order valence-electron chi connectivity index (χ1n) is 14.2. The van der Waals surface area contributed by atoms with E-state index in [0.717, 1.165) is 32.0 Å². The zero-order valence-electron chi connectivity index (χ0n) is 22.3. The van der Waals surface area contributed by atoms with Gasteiger partial charge in [-0.3, -0.25) is 4.57 Å². The van der Waals surface area contributed by atoms with Gasteiger partial charge in [0.25, 0.3) is 0 Å². The van der Waals surface area contributed by atoms with Crippen molar-refractivity contribution in [3.63, 3.8) is 0 Å². The molecule has 4 atom stereocenters. The van der Waals surface area contributed by atoms with Crippen LogP contribution in [0.2, 0.25) is 0 Å². The molecule has 208 valence electrons. The largest absolute Gasteiger partial charge is 0.492 e. The van der Waals surface area contributed by atoms with Crippen LogP contribution in [0.25, 0.3) is 11.2 Å². The molecule has 2 aromatic rings. The van der Waals surface area contributed by atoms with Gasteiger partial charge < -0.3 is 20.1 Å². The van der Waals surface area contributed by atoms with E-state index in [1.165, 1.54) is 68.7 Å². The summed E-state index contributed by atoms with van der Waals surface area (Å²) in [5.74, 6) is -0.310. The number of hydrogen-bond donors (Lipinski definition) is 3. The molecule has 0 radical (unpaired) electrons. The number of hydrogen-bond acceptors (Lipinski definition) is 7. The monoisotopic (exact) mass is 520 g/mol. The van der Waals surface area contributed by atoms with E-state index in [1.54, 1.807) is 0 Å². The van der Waals surface area contributed by atoms with E-state index in [0.29, 0.717) is 6.42 Å². The Hall–Kier alpha value is -2.10. The van der Waals surface area contributed by atoms with Crippen molar-refractivity contribution in [2.24, 2.45) is 0 Å². The molecule has 37 heavy (non-hydrogen) atoms. The molecule has 0 unspecified atom stereocenters. The Morgan fingerprint density at radius 3 is 2.22 bits per heavy atom. The van der Waals surface area contributed by atoms with Gasteiger partial charge in [-0.05, 0) is 32.1 Å². The number of rotatable bonds is 18. The number of halogens is 1. The van der Waals surface area contributed by atoms with Crippen molar-refractivity contribution in [1.82, 2.24) is 19.5 Å². The Labute approximate surface area is 220 Å². The van der Waals surface area contributed by atoms with Crippen LogP contribution in [-0.2, 0) is 4.74 Å². The fourth-order valence-corrected chi connectivity index (χ4v) is 5.17. The minimum atomic E-state index is -1.80. The maximum atomic E-state index is 15.5. The van der Waals surface area contributed by atoms with E-state index >= 15 is 4.39 Å². The lowest BCUT2D eigenvalue weighted by Crippen LogP contribution is -2.47. The van der Waals surface area contributed by atoms with Gasteiger partial charge in [-0.1, -0.05) is 83.3 Å². The highest BCUT2D eigenvalue weighted by atomic mass is 19.1. The molecule has 3 rings (SSSR count). The van der Waals surface area contributed by atoms with Crippen LogP contribution in [0.3, 0.4) is 0 Å². The molecule has 1 saturated heterocycles. The first-order valence-corrected chi connectivity index (χ1v) is 14.2. The summed E-state index contributed by atoms with van der Waals surface area (Å²) in [6.07, 6.45) is 19.7. The summed E-state index contributed by atoms with van der Waals surface area (Å²) in [7, 11) is 0. The highest BCUT2D eigenvalue weighted by molar-refractivity contribution is 5.75. The lowest BCUT2D eigenvalue weighted by atomic mass is 9.87. The molecular formula is C28H45FN4O4. The molecule has 1 fully saturated rings. The van der Waals surface area contributed by atoms with Gasteiger partial charge in [-0.25, -0.2) is 14.4 Å². The number of aliphatic hydroxyl groups is 2. The van der Waals surface area contributed by atoms with Gasteiger partial charge in [0.15, 0.2) is 23.6 Å². The van der Waals surface area contributed by atoms with Crippen molar-refractivity contribution in [2.45, 2.75) is 127 Å². The first-order chi connectivity index (χ1) is 18.0. The summed E-state index contributed by atoms with van der Waals surface area (Å²) < 4.78 is 22.6. The molecule has 0 saturated carbocycles. The van der Waals surface area contributed by atoms with E-state index in [1.807, 2.05) is 0 Å². The number of allylic oxidation sites excluding steroid dienone is 2. The minimum absolute atomic E-state index is 0.127. The number of imidazole rings is 1. The standard InChI is InChI=1S/C28H45FN4O4/c1-2-3-4-5-6-7-8-9-10-11-12-13-14-15-16-17-18-28(36)22(19-34)37-27(24(28)29)33-21-32-23-25(33)30-20-31-26(23)35/h9-10,20-22,24,27,34,36H,2-8,11-19H2,1H3,(H,30,31,35)/b10-9-/t22-,24+,27-,28-/m1/s1. The Bertz CT molecular complexity index is 955. The van der Waals surface area contributed by atoms with Crippen molar-refractivity contribution >= 4 is 11.2 Å². The van der Waals surface area contributed by atoms with Gasteiger partial charge in [-0.2, -0.15) is 4.98 Å². The molecule has 0 amide bonds. The highest BCUT2D eigenvalue weighted by Crippen LogP contribution is 2.43. The maximum Gasteiger partial charge on any atom is 0.242 e. The zero-order valence-corrected chi connectivity index (χ0v) is 22.3. The normalized spacial score (nSPS) is 24.1. The van der Waals surface area contributed by atoms with Gasteiger partial charge in [-0.15, -0.1) is 0 Å². The zero-order chi connectivity index (χ0) is 26.5. The maximum absolute atomic E-state index is 15.5. The summed E-state index contributed by atoms with van der Waals surface area (Å²) in [6, 6.07) is 0. The van der Waals surface area contributed by atoms with E-state index in [2.05, 4.69) is 34.0 Å². The van der Waals surface area contributed by atoms with Crippen molar-refractivity contribution in [1.29, 1.82) is 0 Å². The van der Waals surface area contributed by atoms with Crippen LogP contribution in [0.1, 0.15) is 109 Å². The minimum Gasteiger partial charge on any atom is -0.492 e. The molecule has 0 spiro atoms. The molecule has 0 bridgehead atoms. The number of unbranched alkanes of at least 4 members (excludes halogenated alkanes) is 12. The summed E-state index contributed by atoms with van der Waals surface area (Å²) in [6.45, 7) is 1.75. The number of fused-ring (bicyclic) bond motifs is 1. The molecular weight excluding hydrogens is 475 g/mol. The van der Waals surface area contributed by atoms with Crippen LogP contribution < -0.4 is 0 Å². The molecule has 1 aliphatic heterocycles. The Balaban J connectivity index is 1.32. The van der Waals surface area contributed by atoms with Crippen molar-refractivity contribution in [2.75, 3.05) is 6.61 Å². The predicted octanol–water partition coefficient (Wildman–Crippen LogP) is 5.92. The van der Waals surface area contributed by atoms with Crippen LogP contribution in [-0.4, -0.2) is 59.3 Å². The third-order valence-electron chi connectivity index (χ3n) is 7.46. The van der Waals surface area contributed by atoms with Gasteiger partial charge >= 0.3 is 0 Å². The molecule has 1 aliphatic rings. The second-order valence-electron chi connectivity index (χ2n) is 10.3. The van der Waals surface area contributed by atoms with Gasteiger partial charge in [0.1, 0.15) is 18.0 Å². The Morgan fingerprint density at radius 1 is 0.946 bits per heavy atom. The van der Waals surface area contributed by atoms with Crippen molar-refractivity contribution in [3.05, 3.63) is 24.8 Å². The number of alkyl halides is 1. The second-order valence-corrected chi connectivity index (χ2v) is 10.3. The van der Waals surface area contributed by atoms with Crippen molar-refractivity contribution < 1.29 is 24.4 Å². The number of nitrogens with zero attached hydrogens (tertiary/aromatic N) is 4. The van der Waals surface area contributed by atoms with Crippen LogP contribution in [0.15, 0.2) is 24.8 Å². The van der Waals surface area contributed by atoms with Gasteiger partial charge in [0.05, 0.1) is 12.9 Å². The topological polar surface area (TPSA) is 114 Å². The Morgan fingerprint density at radius 2 is 1.57 bits per heavy atom. The molecule has 9 heteroatoms. The van der Waals surface area contributed by atoms with E-state index in [4.69, 9.17) is 4.74 Å². The summed E-state index contributed by atoms with van der Waals surface area (Å²) >= 11 is 0.